The van der Waals surface area contributed by atoms with Crippen LogP contribution in [0.1, 0.15) is 34.1 Å². The summed E-state index contributed by atoms with van der Waals surface area (Å²) in [6.07, 6.45) is 0.784. The quantitative estimate of drug-likeness (QED) is 0.673. The van der Waals surface area contributed by atoms with Crippen LogP contribution in [-0.4, -0.2) is 31.1 Å². The first-order valence-corrected chi connectivity index (χ1v) is 5.98. The lowest BCUT2D eigenvalue weighted by atomic mass is 9.97. The maximum atomic E-state index is 11.8. The van der Waals surface area contributed by atoms with Gasteiger partial charge in [-0.05, 0) is 12.8 Å². The zero-order valence-electron chi connectivity index (χ0n) is 11.3. The molecule has 0 aromatic carbocycles. The molecule has 0 aliphatic heterocycles. The van der Waals surface area contributed by atoms with E-state index in [0.717, 1.165) is 6.42 Å². The van der Waals surface area contributed by atoms with Gasteiger partial charge in [-0.2, -0.15) is 0 Å². The summed E-state index contributed by atoms with van der Waals surface area (Å²) in [6, 6.07) is -0.844. The molecule has 0 bridgehead atoms. The molecule has 0 spiro atoms. The number of carbonyl (C=O) groups excluding carboxylic acids is 2. The maximum absolute atomic E-state index is 11.8. The molecule has 0 aromatic rings. The highest BCUT2D eigenvalue weighted by molar-refractivity contribution is 5.86. The van der Waals surface area contributed by atoms with Gasteiger partial charge in [0, 0.05) is 12.0 Å². The lowest BCUT2D eigenvalue weighted by molar-refractivity contribution is -0.147. The number of rotatable bonds is 6. The summed E-state index contributed by atoms with van der Waals surface area (Å²) < 4.78 is 4.69. The van der Waals surface area contributed by atoms with Crippen molar-refractivity contribution in [3.05, 3.63) is 0 Å². The van der Waals surface area contributed by atoms with Gasteiger partial charge in [-0.25, -0.2) is 4.79 Å². The highest BCUT2D eigenvalue weighted by Gasteiger charge is 2.29. The van der Waals surface area contributed by atoms with E-state index < -0.39 is 12.0 Å². The molecule has 3 N–H and O–H groups in total. The largest absolute Gasteiger partial charge is 0.467 e. The van der Waals surface area contributed by atoms with Crippen LogP contribution in [0.15, 0.2) is 0 Å². The second-order valence-corrected chi connectivity index (χ2v) is 4.54. The van der Waals surface area contributed by atoms with E-state index in [4.69, 9.17) is 10.5 Å². The second-order valence-electron chi connectivity index (χ2n) is 4.54. The molecule has 5 nitrogen and oxygen atoms in total. The van der Waals surface area contributed by atoms with Crippen LogP contribution in [0.4, 0.5) is 0 Å². The molecule has 5 heteroatoms. The van der Waals surface area contributed by atoms with E-state index >= 15 is 0 Å². The molecule has 0 rings (SSSR count). The summed E-state index contributed by atoms with van der Waals surface area (Å²) in [5, 5.41) is 2.71. The fourth-order valence-corrected chi connectivity index (χ4v) is 1.32. The van der Waals surface area contributed by atoms with E-state index in [1.54, 1.807) is 13.8 Å². The van der Waals surface area contributed by atoms with E-state index in [-0.39, 0.29) is 23.8 Å². The van der Waals surface area contributed by atoms with Crippen LogP contribution in [0.2, 0.25) is 0 Å². The van der Waals surface area contributed by atoms with Gasteiger partial charge in [0.15, 0.2) is 0 Å². The van der Waals surface area contributed by atoms with Crippen molar-refractivity contribution in [1.29, 1.82) is 0 Å². The maximum Gasteiger partial charge on any atom is 0.328 e. The van der Waals surface area contributed by atoms with Crippen LogP contribution < -0.4 is 11.1 Å². The van der Waals surface area contributed by atoms with Crippen molar-refractivity contribution in [2.45, 2.75) is 46.2 Å². The Bertz CT molecular complexity index is 266. The Morgan fingerprint density at radius 2 is 1.82 bits per heavy atom. The zero-order valence-corrected chi connectivity index (χ0v) is 11.3. The zero-order chi connectivity index (χ0) is 13.6. The number of hydrogen-bond donors (Lipinski definition) is 2. The van der Waals surface area contributed by atoms with Crippen molar-refractivity contribution in [2.75, 3.05) is 7.11 Å². The first-order chi connectivity index (χ1) is 7.84. The summed E-state index contributed by atoms with van der Waals surface area (Å²) in [5.41, 5.74) is 5.65. The third-order valence-electron chi connectivity index (χ3n) is 3.17. The molecular formula is C12H24N2O3. The van der Waals surface area contributed by atoms with Gasteiger partial charge in [0.1, 0.15) is 6.04 Å². The van der Waals surface area contributed by atoms with E-state index in [0.29, 0.717) is 0 Å². The highest BCUT2D eigenvalue weighted by Crippen LogP contribution is 2.11. The predicted octanol–water partition coefficient (Wildman–Crippen LogP) is 0.674. The minimum absolute atomic E-state index is 0.0340. The van der Waals surface area contributed by atoms with Gasteiger partial charge in [0.2, 0.25) is 5.91 Å². The highest BCUT2D eigenvalue weighted by atomic mass is 16.5. The van der Waals surface area contributed by atoms with Gasteiger partial charge in [-0.1, -0.05) is 27.2 Å². The van der Waals surface area contributed by atoms with Crippen molar-refractivity contribution in [2.24, 2.45) is 17.6 Å². The van der Waals surface area contributed by atoms with Crippen LogP contribution >= 0.6 is 0 Å². The Morgan fingerprint density at radius 1 is 1.29 bits per heavy atom. The molecule has 0 aromatic heterocycles. The van der Waals surface area contributed by atoms with Crippen molar-refractivity contribution in [3.8, 4) is 0 Å². The van der Waals surface area contributed by atoms with Gasteiger partial charge in [0.05, 0.1) is 7.11 Å². The van der Waals surface area contributed by atoms with Crippen molar-refractivity contribution in [3.63, 3.8) is 0 Å². The molecule has 0 aliphatic carbocycles. The number of nitrogens with two attached hydrogens (primary N) is 1. The molecule has 0 heterocycles. The standard InChI is InChI=1S/C12H24N2O3/c1-6-7(2)10(12(16)17-5)14-11(15)8(3)9(4)13/h7-10H,6,13H2,1-5H3,(H,14,15). The summed E-state index contributed by atoms with van der Waals surface area (Å²) in [4.78, 5) is 23.4. The van der Waals surface area contributed by atoms with Crippen molar-refractivity contribution >= 4 is 11.9 Å². The minimum Gasteiger partial charge on any atom is -0.467 e. The number of amides is 1. The Balaban J connectivity index is 4.64. The number of ether oxygens (including phenoxy) is 1. The van der Waals surface area contributed by atoms with E-state index in [9.17, 15) is 9.59 Å². The van der Waals surface area contributed by atoms with Gasteiger partial charge >= 0.3 is 5.97 Å². The summed E-state index contributed by atoms with van der Waals surface area (Å²) >= 11 is 0. The minimum atomic E-state index is -0.598. The summed E-state index contributed by atoms with van der Waals surface area (Å²) in [7, 11) is 1.32. The summed E-state index contributed by atoms with van der Waals surface area (Å²) in [6.45, 7) is 7.37. The molecule has 100 valence electrons. The Morgan fingerprint density at radius 3 is 2.18 bits per heavy atom. The number of nitrogens with one attached hydrogen (secondary N) is 1. The third kappa shape index (κ3) is 4.73. The Hall–Kier alpha value is -1.10. The predicted molar refractivity (Wildman–Crippen MR) is 66.2 cm³/mol. The first-order valence-electron chi connectivity index (χ1n) is 5.98. The average molecular weight is 244 g/mol. The van der Waals surface area contributed by atoms with Gasteiger partial charge in [0.25, 0.3) is 0 Å². The lowest BCUT2D eigenvalue weighted by Gasteiger charge is -2.24. The van der Waals surface area contributed by atoms with Crippen LogP contribution in [0.3, 0.4) is 0 Å². The summed E-state index contributed by atoms with van der Waals surface area (Å²) in [5.74, 6) is -0.918. The van der Waals surface area contributed by atoms with Gasteiger partial charge in [-0.3, -0.25) is 4.79 Å². The molecular weight excluding hydrogens is 220 g/mol. The monoisotopic (exact) mass is 244 g/mol. The van der Waals surface area contributed by atoms with Crippen LogP contribution in [0, 0.1) is 11.8 Å². The molecule has 4 unspecified atom stereocenters. The fraction of sp³-hybridized carbons (Fsp3) is 0.833. The van der Waals surface area contributed by atoms with Gasteiger partial charge in [-0.15, -0.1) is 0 Å². The second kappa shape index (κ2) is 7.27. The fourth-order valence-electron chi connectivity index (χ4n) is 1.32. The molecule has 0 radical (unpaired) electrons. The van der Waals surface area contributed by atoms with Crippen LogP contribution in [0.25, 0.3) is 0 Å². The van der Waals surface area contributed by atoms with Crippen molar-refractivity contribution < 1.29 is 14.3 Å². The number of methoxy groups -OCH3 is 1. The molecule has 1 amide bonds. The SMILES string of the molecule is CCC(C)C(NC(=O)C(C)C(C)N)C(=O)OC. The Kier molecular flexibility index (Phi) is 6.80. The van der Waals surface area contributed by atoms with Crippen molar-refractivity contribution in [1.82, 2.24) is 5.32 Å². The van der Waals surface area contributed by atoms with E-state index in [1.807, 2.05) is 13.8 Å². The smallest absolute Gasteiger partial charge is 0.328 e. The van der Waals surface area contributed by atoms with E-state index in [2.05, 4.69) is 5.32 Å². The molecule has 0 saturated carbocycles. The topological polar surface area (TPSA) is 81.4 Å². The van der Waals surface area contributed by atoms with Gasteiger partial charge < -0.3 is 15.8 Å². The molecule has 4 atom stereocenters. The molecule has 0 fully saturated rings. The first kappa shape index (κ1) is 15.9. The normalized spacial score (nSPS) is 17.8. The Labute approximate surface area is 103 Å². The van der Waals surface area contributed by atoms with E-state index in [1.165, 1.54) is 7.11 Å². The third-order valence-corrected chi connectivity index (χ3v) is 3.17. The van der Waals surface area contributed by atoms with Crippen LogP contribution in [0.5, 0.6) is 0 Å². The molecule has 0 saturated heterocycles. The van der Waals surface area contributed by atoms with Crippen LogP contribution in [-0.2, 0) is 14.3 Å². The number of hydrogen-bond acceptors (Lipinski definition) is 4. The number of esters is 1. The lowest BCUT2D eigenvalue weighted by Crippen LogP contribution is -2.49. The average Bonchev–Trinajstić information content (AvgIpc) is 2.32. The molecule has 0 aliphatic rings. The molecule has 17 heavy (non-hydrogen) atoms. The number of carbonyl (C=O) groups is 2.